The van der Waals surface area contributed by atoms with Crippen molar-refractivity contribution in [1.29, 1.82) is 0 Å². The summed E-state index contributed by atoms with van der Waals surface area (Å²) in [4.78, 5) is 16.5. The van der Waals surface area contributed by atoms with E-state index in [4.69, 9.17) is 16.0 Å². The summed E-state index contributed by atoms with van der Waals surface area (Å²) in [5.41, 5.74) is 0.807. The van der Waals surface area contributed by atoms with Crippen molar-refractivity contribution < 1.29 is 9.21 Å². The van der Waals surface area contributed by atoms with Crippen LogP contribution in [0.15, 0.2) is 40.8 Å². The molecular weight excluding hydrogens is 358 g/mol. The monoisotopic (exact) mass is 373 g/mol. The summed E-state index contributed by atoms with van der Waals surface area (Å²) < 4.78 is 5.75. The molecule has 0 unspecified atom stereocenters. The molecule has 1 aliphatic rings. The third-order valence-corrected chi connectivity index (χ3v) is 5.30. The molecule has 3 aromatic rings. The van der Waals surface area contributed by atoms with E-state index >= 15 is 0 Å². The number of rotatable bonds is 5. The highest BCUT2D eigenvalue weighted by Gasteiger charge is 2.34. The molecule has 0 radical (unpaired) electrons. The van der Waals surface area contributed by atoms with Crippen LogP contribution in [0, 0.1) is 6.92 Å². The summed E-state index contributed by atoms with van der Waals surface area (Å²) >= 11 is 7.41. The lowest BCUT2D eigenvalue weighted by atomic mass is 10.2. The van der Waals surface area contributed by atoms with Crippen molar-refractivity contribution in [2.75, 3.05) is 0 Å². The van der Waals surface area contributed by atoms with E-state index in [-0.39, 0.29) is 11.9 Å². The Kier molecular flexibility index (Phi) is 4.31. The fourth-order valence-corrected chi connectivity index (χ4v) is 3.57. The van der Waals surface area contributed by atoms with E-state index < -0.39 is 0 Å². The van der Waals surface area contributed by atoms with Gasteiger partial charge in [-0.05, 0) is 56.2 Å². The Bertz CT molecular complexity index is 899. The highest BCUT2D eigenvalue weighted by atomic mass is 35.5. The molecule has 0 atom stereocenters. The van der Waals surface area contributed by atoms with Crippen LogP contribution < -0.4 is 0 Å². The summed E-state index contributed by atoms with van der Waals surface area (Å²) in [5, 5.41) is 8.85. The van der Waals surface area contributed by atoms with Crippen molar-refractivity contribution in [2.45, 2.75) is 32.4 Å². The molecule has 0 spiro atoms. The average Bonchev–Trinajstić information content (AvgIpc) is 3.18. The normalized spacial score (nSPS) is 13.8. The molecule has 1 fully saturated rings. The number of halogens is 1. The minimum atomic E-state index is 0.0341. The maximum Gasteiger partial charge on any atom is 0.264 e. The first kappa shape index (κ1) is 16.3. The molecule has 25 heavy (non-hydrogen) atoms. The highest BCUT2D eigenvalue weighted by Crippen LogP contribution is 2.31. The molecule has 1 aliphatic carbocycles. The van der Waals surface area contributed by atoms with Crippen LogP contribution in [-0.4, -0.2) is 27.0 Å². The molecule has 1 saturated carbocycles. The second-order valence-corrected chi connectivity index (χ2v) is 7.81. The van der Waals surface area contributed by atoms with Gasteiger partial charge in [-0.1, -0.05) is 11.6 Å². The van der Waals surface area contributed by atoms with Crippen LogP contribution in [0.4, 0.5) is 0 Å². The van der Waals surface area contributed by atoms with Gasteiger partial charge in [0.15, 0.2) is 0 Å². The molecule has 0 bridgehead atoms. The van der Waals surface area contributed by atoms with E-state index in [1.807, 2.05) is 36.1 Å². The van der Waals surface area contributed by atoms with Gasteiger partial charge in [-0.25, -0.2) is 0 Å². The lowest BCUT2D eigenvalue weighted by molar-refractivity contribution is 0.0719. The van der Waals surface area contributed by atoms with Gasteiger partial charge >= 0.3 is 0 Å². The van der Waals surface area contributed by atoms with Gasteiger partial charge in [-0.15, -0.1) is 21.5 Å². The highest BCUT2D eigenvalue weighted by molar-refractivity contribution is 7.13. The lowest BCUT2D eigenvalue weighted by Gasteiger charge is -2.19. The third kappa shape index (κ3) is 3.60. The van der Waals surface area contributed by atoms with Crippen molar-refractivity contribution >= 4 is 28.8 Å². The minimum Gasteiger partial charge on any atom is -0.419 e. The van der Waals surface area contributed by atoms with Crippen LogP contribution in [0.5, 0.6) is 0 Å². The maximum absolute atomic E-state index is 12.8. The molecule has 2 aromatic heterocycles. The fourth-order valence-electron chi connectivity index (χ4n) is 2.62. The SMILES string of the molecule is Cc1ccc(C(=O)N(Cc2nnc(-c3ccc(Cl)cc3)o2)C2CC2)s1. The van der Waals surface area contributed by atoms with E-state index in [9.17, 15) is 4.79 Å². The molecular formula is C18H16ClN3O2S. The van der Waals surface area contributed by atoms with Crippen LogP contribution in [0.1, 0.15) is 33.3 Å². The molecule has 128 valence electrons. The standard InChI is InChI=1S/C18H16ClN3O2S/c1-11-2-9-15(25-11)18(23)22(14-7-8-14)10-16-20-21-17(24-16)12-3-5-13(19)6-4-12/h2-6,9,14H,7-8,10H2,1H3. The summed E-state index contributed by atoms with van der Waals surface area (Å²) in [7, 11) is 0. The summed E-state index contributed by atoms with van der Waals surface area (Å²) in [5.74, 6) is 0.909. The van der Waals surface area contributed by atoms with Crippen molar-refractivity contribution in [3.63, 3.8) is 0 Å². The zero-order valence-corrected chi connectivity index (χ0v) is 15.2. The Morgan fingerprint density at radius 1 is 1.24 bits per heavy atom. The van der Waals surface area contributed by atoms with Gasteiger partial charge in [0.25, 0.3) is 5.91 Å². The van der Waals surface area contributed by atoms with Crippen LogP contribution in [0.3, 0.4) is 0 Å². The van der Waals surface area contributed by atoms with Crippen LogP contribution >= 0.6 is 22.9 Å². The van der Waals surface area contributed by atoms with E-state index in [0.717, 1.165) is 28.2 Å². The first-order chi connectivity index (χ1) is 12.1. The van der Waals surface area contributed by atoms with E-state index in [1.165, 1.54) is 11.3 Å². The molecule has 0 aliphatic heterocycles. The first-order valence-corrected chi connectivity index (χ1v) is 9.25. The number of hydrogen-bond donors (Lipinski definition) is 0. The van der Waals surface area contributed by atoms with Crippen LogP contribution in [-0.2, 0) is 6.54 Å². The number of aromatic nitrogens is 2. The second-order valence-electron chi connectivity index (χ2n) is 6.08. The van der Waals surface area contributed by atoms with E-state index in [1.54, 1.807) is 12.1 Å². The number of aryl methyl sites for hydroxylation is 1. The van der Waals surface area contributed by atoms with Crippen LogP contribution in [0.2, 0.25) is 5.02 Å². The maximum atomic E-state index is 12.8. The van der Waals surface area contributed by atoms with Crippen molar-refractivity contribution in [1.82, 2.24) is 15.1 Å². The summed E-state index contributed by atoms with van der Waals surface area (Å²) in [6.07, 6.45) is 2.04. The summed E-state index contributed by atoms with van der Waals surface area (Å²) in [6.45, 7) is 2.33. The molecule has 0 N–H and O–H groups in total. The number of carbonyl (C=O) groups excluding carboxylic acids is 1. The van der Waals surface area contributed by atoms with Gasteiger partial charge in [0, 0.05) is 21.5 Å². The largest absolute Gasteiger partial charge is 0.419 e. The smallest absolute Gasteiger partial charge is 0.264 e. The lowest BCUT2D eigenvalue weighted by Crippen LogP contribution is -2.32. The molecule has 4 rings (SSSR count). The molecule has 2 heterocycles. The third-order valence-electron chi connectivity index (χ3n) is 4.06. The number of thiophene rings is 1. The number of amides is 1. The van der Waals surface area contributed by atoms with Crippen LogP contribution in [0.25, 0.3) is 11.5 Å². The Morgan fingerprint density at radius 3 is 2.64 bits per heavy atom. The molecule has 1 amide bonds. The fraction of sp³-hybridized carbons (Fsp3) is 0.278. The average molecular weight is 374 g/mol. The Labute approximate surface area is 154 Å². The molecule has 7 heteroatoms. The zero-order chi connectivity index (χ0) is 17.4. The van der Waals surface area contributed by atoms with Gasteiger partial charge in [0.2, 0.25) is 11.8 Å². The summed E-state index contributed by atoms with van der Waals surface area (Å²) in [6, 6.07) is 11.3. The Balaban J connectivity index is 1.53. The van der Waals surface area contributed by atoms with Gasteiger partial charge in [-0.3, -0.25) is 4.79 Å². The topological polar surface area (TPSA) is 59.2 Å². The molecule has 1 aromatic carbocycles. The number of hydrogen-bond acceptors (Lipinski definition) is 5. The Hall–Kier alpha value is -2.18. The van der Waals surface area contributed by atoms with Gasteiger partial charge in [0.05, 0.1) is 11.4 Å². The van der Waals surface area contributed by atoms with Crippen molar-refractivity contribution in [3.8, 4) is 11.5 Å². The minimum absolute atomic E-state index is 0.0341. The predicted molar refractivity (Wildman–Crippen MR) is 96.7 cm³/mol. The van der Waals surface area contributed by atoms with Gasteiger partial charge < -0.3 is 9.32 Å². The van der Waals surface area contributed by atoms with Crippen molar-refractivity contribution in [2.24, 2.45) is 0 Å². The zero-order valence-electron chi connectivity index (χ0n) is 13.6. The molecule has 5 nitrogen and oxygen atoms in total. The van der Waals surface area contributed by atoms with E-state index in [2.05, 4.69) is 10.2 Å². The van der Waals surface area contributed by atoms with E-state index in [0.29, 0.717) is 23.3 Å². The number of nitrogens with zero attached hydrogens (tertiary/aromatic N) is 3. The quantitative estimate of drug-likeness (QED) is 0.657. The van der Waals surface area contributed by atoms with Gasteiger partial charge in [-0.2, -0.15) is 0 Å². The first-order valence-electron chi connectivity index (χ1n) is 8.06. The second kappa shape index (κ2) is 6.61. The van der Waals surface area contributed by atoms with Gasteiger partial charge in [0.1, 0.15) is 0 Å². The Morgan fingerprint density at radius 2 is 2.00 bits per heavy atom. The molecule has 0 saturated heterocycles. The number of carbonyl (C=O) groups is 1. The number of benzene rings is 1. The predicted octanol–water partition coefficient (Wildman–Crippen LogP) is 4.56. The van der Waals surface area contributed by atoms with Crippen molar-refractivity contribution in [3.05, 3.63) is 57.1 Å².